The van der Waals surface area contributed by atoms with Gasteiger partial charge in [0.1, 0.15) is 13.2 Å². The third-order valence-corrected chi connectivity index (χ3v) is 14.6. The number of quaternary nitrogens is 1. The summed E-state index contributed by atoms with van der Waals surface area (Å²) in [5.74, 6) is -0.185. The van der Waals surface area contributed by atoms with Crippen molar-refractivity contribution >= 4 is 13.7 Å². The second-order valence-corrected chi connectivity index (χ2v) is 23.2. The van der Waals surface area contributed by atoms with Crippen molar-refractivity contribution in [3.63, 3.8) is 0 Å². The Balaban J connectivity index is 4.22. The number of allylic oxidation sites excluding steroid dienone is 5. The molecule has 1 amide bonds. The van der Waals surface area contributed by atoms with E-state index in [2.05, 4.69) is 43.5 Å². The molecule has 0 aliphatic heterocycles. The number of hydrogen-bond acceptors (Lipinski definition) is 5. The summed E-state index contributed by atoms with van der Waals surface area (Å²) in [4.78, 5) is 23.3. The van der Waals surface area contributed by atoms with E-state index in [4.69, 9.17) is 9.05 Å². The van der Waals surface area contributed by atoms with Gasteiger partial charge < -0.3 is 19.8 Å². The lowest BCUT2D eigenvalue weighted by atomic mass is 10.0. The molecule has 3 atom stereocenters. The monoisotopic (exact) mass is 994 g/mol. The van der Waals surface area contributed by atoms with Crippen LogP contribution in [0.2, 0.25) is 0 Å². The maximum Gasteiger partial charge on any atom is 0.472 e. The molecule has 0 saturated heterocycles. The molecule has 3 unspecified atom stereocenters. The molecule has 0 rings (SSSR count). The first-order chi connectivity index (χ1) is 33.5. The number of phosphoric acid groups is 1. The number of aliphatic hydroxyl groups is 1. The van der Waals surface area contributed by atoms with Gasteiger partial charge in [-0.25, -0.2) is 4.57 Å². The highest BCUT2D eigenvalue weighted by Gasteiger charge is 2.27. The average Bonchev–Trinajstić information content (AvgIpc) is 3.31. The summed E-state index contributed by atoms with van der Waals surface area (Å²) >= 11 is 0. The molecule has 0 heterocycles. The lowest BCUT2D eigenvalue weighted by molar-refractivity contribution is -0.870. The van der Waals surface area contributed by atoms with Gasteiger partial charge in [-0.15, -0.1) is 0 Å². The lowest BCUT2D eigenvalue weighted by Crippen LogP contribution is -2.45. The van der Waals surface area contributed by atoms with E-state index in [0.29, 0.717) is 17.4 Å². The van der Waals surface area contributed by atoms with Gasteiger partial charge >= 0.3 is 7.82 Å². The van der Waals surface area contributed by atoms with Crippen LogP contribution >= 0.6 is 7.82 Å². The van der Waals surface area contributed by atoms with Crippen molar-refractivity contribution in [3.05, 3.63) is 36.5 Å². The molecule has 0 saturated carbocycles. The van der Waals surface area contributed by atoms with Crippen LogP contribution in [-0.2, 0) is 18.4 Å². The van der Waals surface area contributed by atoms with Crippen molar-refractivity contribution in [2.45, 2.75) is 302 Å². The SMILES string of the molecule is CCCCCCCCCCCCCC/C=C/CC/C=C/CC/C=C/C(O)C(COP(=O)(O)OCC[N+](C)(C)C)NC(=O)CCCCCCCCCCCCCCCCCCCCCCCCCCC. The molecule has 0 aromatic rings. The highest BCUT2D eigenvalue weighted by molar-refractivity contribution is 7.47. The number of carbonyl (C=O) groups is 1. The van der Waals surface area contributed by atoms with Crippen molar-refractivity contribution in [2.75, 3.05) is 40.9 Å². The first kappa shape index (κ1) is 67.7. The molecule has 0 fully saturated rings. The Bertz CT molecular complexity index is 1220. The topological polar surface area (TPSA) is 105 Å². The fourth-order valence-electron chi connectivity index (χ4n) is 8.90. The van der Waals surface area contributed by atoms with E-state index in [9.17, 15) is 19.4 Å². The van der Waals surface area contributed by atoms with Crippen LogP contribution in [0, 0.1) is 0 Å². The average molecular weight is 995 g/mol. The standard InChI is InChI=1S/C60H117N2O6P/c1-6-8-10-12-14-16-18-20-22-24-26-28-30-31-32-34-36-38-40-42-44-46-48-50-52-54-60(64)61-58(57-68-69(65,66)67-56-55-62(3,4)5)59(63)53-51-49-47-45-43-41-39-37-35-33-29-27-25-23-21-19-17-15-13-11-9-7-2/h35,37,43,45,51,53,58-59,63H,6-34,36,38-42,44,46-50,52,54-57H2,1-5H3,(H-,61,64,65,66)/p+1/b37-35+,45-43+,53-51+. The molecule has 0 spiro atoms. The van der Waals surface area contributed by atoms with Crippen LogP contribution in [0.25, 0.3) is 0 Å². The smallest absolute Gasteiger partial charge is 0.387 e. The van der Waals surface area contributed by atoms with Crippen LogP contribution in [0.3, 0.4) is 0 Å². The van der Waals surface area contributed by atoms with Crippen LogP contribution < -0.4 is 5.32 Å². The van der Waals surface area contributed by atoms with Gasteiger partial charge in [0.05, 0.1) is 39.9 Å². The number of amides is 1. The molecule has 0 aromatic heterocycles. The highest BCUT2D eigenvalue weighted by Crippen LogP contribution is 2.43. The zero-order chi connectivity index (χ0) is 50.6. The maximum atomic E-state index is 13.0. The number of phosphoric ester groups is 1. The van der Waals surface area contributed by atoms with Crippen molar-refractivity contribution in [1.29, 1.82) is 0 Å². The van der Waals surface area contributed by atoms with Crippen LogP contribution in [0.15, 0.2) is 36.5 Å². The molecular weight excluding hydrogens is 876 g/mol. The Hall–Kier alpha value is -1.28. The second-order valence-electron chi connectivity index (χ2n) is 21.7. The predicted molar refractivity (Wildman–Crippen MR) is 300 cm³/mol. The maximum absolute atomic E-state index is 13.0. The first-order valence-corrected chi connectivity index (χ1v) is 31.4. The third kappa shape index (κ3) is 54.3. The third-order valence-electron chi connectivity index (χ3n) is 13.6. The van der Waals surface area contributed by atoms with E-state index in [-0.39, 0.29) is 19.1 Å². The molecule has 0 aliphatic carbocycles. The molecule has 9 heteroatoms. The Morgan fingerprint density at radius 1 is 0.478 bits per heavy atom. The van der Waals surface area contributed by atoms with Gasteiger partial charge in [-0.05, 0) is 44.9 Å². The van der Waals surface area contributed by atoms with Gasteiger partial charge in [-0.2, -0.15) is 0 Å². The molecule has 408 valence electrons. The molecule has 0 bridgehead atoms. The number of nitrogens with one attached hydrogen (secondary N) is 1. The van der Waals surface area contributed by atoms with Gasteiger partial charge in [0.2, 0.25) is 5.91 Å². The van der Waals surface area contributed by atoms with Gasteiger partial charge in [-0.3, -0.25) is 13.8 Å². The summed E-state index contributed by atoms with van der Waals surface area (Å²) in [7, 11) is 1.56. The Labute approximate surface area is 429 Å². The van der Waals surface area contributed by atoms with Crippen molar-refractivity contribution in [3.8, 4) is 0 Å². The molecular formula is C60H118N2O6P+. The van der Waals surface area contributed by atoms with E-state index in [1.807, 2.05) is 27.2 Å². The number of aliphatic hydroxyl groups excluding tert-OH is 1. The van der Waals surface area contributed by atoms with Crippen LogP contribution in [0.4, 0.5) is 0 Å². The van der Waals surface area contributed by atoms with E-state index < -0.39 is 20.0 Å². The van der Waals surface area contributed by atoms with Gasteiger partial charge in [-0.1, -0.05) is 275 Å². The number of nitrogens with zero attached hydrogens (tertiary/aromatic N) is 1. The number of hydrogen-bond donors (Lipinski definition) is 3. The summed E-state index contributed by atoms with van der Waals surface area (Å²) < 4.78 is 23.7. The van der Waals surface area contributed by atoms with E-state index in [1.54, 1.807) is 6.08 Å². The molecule has 8 nitrogen and oxygen atoms in total. The van der Waals surface area contributed by atoms with Gasteiger partial charge in [0.15, 0.2) is 0 Å². The first-order valence-electron chi connectivity index (χ1n) is 29.9. The summed E-state index contributed by atoms with van der Waals surface area (Å²) in [5.41, 5.74) is 0. The number of carbonyl (C=O) groups excluding carboxylic acids is 1. The summed E-state index contributed by atoms with van der Waals surface area (Å²) in [6, 6.07) is -0.868. The quantitative estimate of drug-likeness (QED) is 0.0243. The zero-order valence-electron chi connectivity index (χ0n) is 46.6. The summed E-state index contributed by atoms with van der Waals surface area (Å²) in [6.07, 6.45) is 66.9. The molecule has 0 radical (unpaired) electrons. The fraction of sp³-hybridized carbons (Fsp3) is 0.883. The number of rotatable bonds is 55. The number of likely N-dealkylation sites (N-methyl/N-ethyl adjacent to an activating group) is 1. The molecule has 69 heavy (non-hydrogen) atoms. The molecule has 0 aromatic carbocycles. The molecule has 3 N–H and O–H groups in total. The van der Waals surface area contributed by atoms with Crippen molar-refractivity contribution in [1.82, 2.24) is 5.32 Å². The van der Waals surface area contributed by atoms with Gasteiger partial charge in [0.25, 0.3) is 0 Å². The predicted octanol–water partition coefficient (Wildman–Crippen LogP) is 18.2. The van der Waals surface area contributed by atoms with Crippen molar-refractivity contribution < 1.29 is 32.9 Å². The van der Waals surface area contributed by atoms with E-state index in [0.717, 1.165) is 44.9 Å². The Morgan fingerprint density at radius 3 is 1.16 bits per heavy atom. The normalized spacial score (nSPS) is 14.1. The zero-order valence-corrected chi connectivity index (χ0v) is 47.5. The highest BCUT2D eigenvalue weighted by atomic mass is 31.2. The fourth-order valence-corrected chi connectivity index (χ4v) is 9.64. The minimum atomic E-state index is -4.36. The van der Waals surface area contributed by atoms with Gasteiger partial charge in [0, 0.05) is 6.42 Å². The Morgan fingerprint density at radius 2 is 0.797 bits per heavy atom. The second kappa shape index (κ2) is 51.6. The Kier molecular flexibility index (Phi) is 50.7. The largest absolute Gasteiger partial charge is 0.472 e. The minimum Gasteiger partial charge on any atom is -0.387 e. The van der Waals surface area contributed by atoms with E-state index in [1.165, 1.54) is 225 Å². The van der Waals surface area contributed by atoms with Crippen molar-refractivity contribution in [2.24, 2.45) is 0 Å². The summed E-state index contributed by atoms with van der Waals surface area (Å²) in [6.45, 7) is 4.83. The van der Waals surface area contributed by atoms with Crippen LogP contribution in [0.1, 0.15) is 290 Å². The lowest BCUT2D eigenvalue weighted by Gasteiger charge is -2.25. The molecule has 0 aliphatic rings. The minimum absolute atomic E-state index is 0.0552. The van der Waals surface area contributed by atoms with E-state index >= 15 is 0 Å². The van der Waals surface area contributed by atoms with Crippen LogP contribution in [-0.4, -0.2) is 73.4 Å². The number of unbranched alkanes of at least 4 members (excludes halogenated alkanes) is 38. The summed E-state index contributed by atoms with van der Waals surface area (Å²) in [5, 5.41) is 13.9. The van der Waals surface area contributed by atoms with Crippen LogP contribution in [0.5, 0.6) is 0 Å².